The van der Waals surface area contributed by atoms with Crippen LogP contribution in [-0.4, -0.2) is 11.7 Å². The van der Waals surface area contributed by atoms with E-state index in [4.69, 9.17) is 4.42 Å². The minimum Gasteiger partial charge on any atom is -0.468 e. The van der Waals surface area contributed by atoms with Gasteiger partial charge in [0.05, 0.1) is 12.0 Å². The summed E-state index contributed by atoms with van der Waals surface area (Å²) in [4.78, 5) is 24.5. The molecule has 26 heavy (non-hydrogen) atoms. The highest BCUT2D eigenvalue weighted by Gasteiger charge is 2.22. The third-order valence-electron chi connectivity index (χ3n) is 3.85. The van der Waals surface area contributed by atoms with Crippen LogP contribution in [0.1, 0.15) is 33.9 Å². The fourth-order valence-corrected chi connectivity index (χ4v) is 3.59. The number of nitrogens with one attached hydrogen (secondary N) is 1. The molecule has 0 fully saturated rings. The molecule has 0 radical (unpaired) electrons. The minimum atomic E-state index is -0.387. The third kappa shape index (κ3) is 4.64. The molecule has 0 unspecified atom stereocenters. The van der Waals surface area contributed by atoms with Gasteiger partial charge in [-0.25, -0.2) is 0 Å². The SMILES string of the molecule is CC(=O)c1cccc(NC(=O)[C@@H](SCc2ccco2)c2ccccc2)c1. The molecule has 3 aromatic rings. The Morgan fingerprint density at radius 1 is 1.04 bits per heavy atom. The van der Waals surface area contributed by atoms with Gasteiger partial charge in [-0.1, -0.05) is 42.5 Å². The van der Waals surface area contributed by atoms with Crippen LogP contribution in [0.3, 0.4) is 0 Å². The summed E-state index contributed by atoms with van der Waals surface area (Å²) in [6.07, 6.45) is 1.63. The second-order valence-corrected chi connectivity index (χ2v) is 6.90. The Bertz CT molecular complexity index is 875. The van der Waals surface area contributed by atoms with Crippen molar-refractivity contribution in [1.82, 2.24) is 0 Å². The average Bonchev–Trinajstić information content (AvgIpc) is 3.16. The topological polar surface area (TPSA) is 59.3 Å². The second kappa shape index (κ2) is 8.54. The Kier molecular flexibility index (Phi) is 5.92. The van der Waals surface area contributed by atoms with E-state index in [-0.39, 0.29) is 16.9 Å². The van der Waals surface area contributed by atoms with Gasteiger partial charge in [0.25, 0.3) is 0 Å². The van der Waals surface area contributed by atoms with Gasteiger partial charge in [-0.3, -0.25) is 9.59 Å². The molecular weight excluding hydrogens is 346 g/mol. The number of hydrogen-bond acceptors (Lipinski definition) is 4. The Morgan fingerprint density at radius 2 is 1.85 bits per heavy atom. The molecule has 1 heterocycles. The van der Waals surface area contributed by atoms with Gasteiger partial charge >= 0.3 is 0 Å². The van der Waals surface area contributed by atoms with Crippen molar-refractivity contribution in [1.29, 1.82) is 0 Å². The first kappa shape index (κ1) is 18.0. The quantitative estimate of drug-likeness (QED) is 0.592. The Hall–Kier alpha value is -2.79. The minimum absolute atomic E-state index is 0.0343. The lowest BCUT2D eigenvalue weighted by Crippen LogP contribution is -2.19. The van der Waals surface area contributed by atoms with Crippen molar-refractivity contribution in [2.24, 2.45) is 0 Å². The van der Waals surface area contributed by atoms with E-state index in [0.29, 0.717) is 17.0 Å². The number of carbonyl (C=O) groups is 2. The zero-order valence-electron chi connectivity index (χ0n) is 14.3. The fraction of sp³-hybridized carbons (Fsp3) is 0.143. The van der Waals surface area contributed by atoms with Gasteiger partial charge in [0.2, 0.25) is 5.91 Å². The highest BCUT2D eigenvalue weighted by Crippen LogP contribution is 2.33. The molecule has 132 valence electrons. The molecule has 0 aliphatic rings. The molecule has 0 spiro atoms. The molecule has 0 saturated heterocycles. The van der Waals surface area contributed by atoms with Crippen LogP contribution in [0.2, 0.25) is 0 Å². The van der Waals surface area contributed by atoms with Crippen LogP contribution >= 0.6 is 11.8 Å². The van der Waals surface area contributed by atoms with Crippen LogP contribution in [-0.2, 0) is 10.5 Å². The molecule has 1 aromatic heterocycles. The zero-order valence-corrected chi connectivity index (χ0v) is 15.2. The largest absolute Gasteiger partial charge is 0.468 e. The number of furan rings is 1. The fourth-order valence-electron chi connectivity index (χ4n) is 2.54. The summed E-state index contributed by atoms with van der Waals surface area (Å²) in [5.41, 5.74) is 2.11. The van der Waals surface area contributed by atoms with Crippen LogP contribution in [0.15, 0.2) is 77.4 Å². The lowest BCUT2D eigenvalue weighted by Gasteiger charge is -2.17. The van der Waals surface area contributed by atoms with E-state index in [2.05, 4.69) is 5.32 Å². The van der Waals surface area contributed by atoms with E-state index in [1.165, 1.54) is 18.7 Å². The van der Waals surface area contributed by atoms with Crippen molar-refractivity contribution >= 4 is 29.1 Å². The van der Waals surface area contributed by atoms with Crippen LogP contribution < -0.4 is 5.32 Å². The van der Waals surface area contributed by atoms with Gasteiger partial charge in [-0.2, -0.15) is 0 Å². The second-order valence-electron chi connectivity index (χ2n) is 5.81. The van der Waals surface area contributed by atoms with E-state index in [1.54, 1.807) is 30.5 Å². The standard InChI is InChI=1S/C21H19NO3S/c1-15(23)17-9-5-10-18(13-17)22-21(24)20(16-7-3-2-4-8-16)26-14-19-11-6-12-25-19/h2-13,20H,14H2,1H3,(H,22,24)/t20-/m0/s1. The number of anilines is 1. The van der Waals surface area contributed by atoms with Crippen molar-refractivity contribution in [2.75, 3.05) is 5.32 Å². The number of thioether (sulfide) groups is 1. The highest BCUT2D eigenvalue weighted by molar-refractivity contribution is 7.99. The van der Waals surface area contributed by atoms with Gasteiger partial charge in [0.1, 0.15) is 11.0 Å². The van der Waals surface area contributed by atoms with Crippen molar-refractivity contribution < 1.29 is 14.0 Å². The van der Waals surface area contributed by atoms with Crippen molar-refractivity contribution in [2.45, 2.75) is 17.9 Å². The molecule has 1 amide bonds. The van der Waals surface area contributed by atoms with Gasteiger partial charge in [0.15, 0.2) is 5.78 Å². The predicted octanol–water partition coefficient (Wildman–Crippen LogP) is 5.10. The smallest absolute Gasteiger partial charge is 0.242 e. The summed E-state index contributed by atoms with van der Waals surface area (Å²) in [7, 11) is 0. The van der Waals surface area contributed by atoms with E-state index in [0.717, 1.165) is 11.3 Å². The van der Waals surface area contributed by atoms with E-state index < -0.39 is 0 Å². The number of carbonyl (C=O) groups excluding carboxylic acids is 2. The molecule has 3 rings (SSSR count). The Labute approximate surface area is 156 Å². The van der Waals surface area contributed by atoms with Crippen molar-refractivity contribution in [3.05, 3.63) is 89.9 Å². The van der Waals surface area contributed by atoms with Gasteiger partial charge in [0, 0.05) is 11.3 Å². The van der Waals surface area contributed by atoms with E-state index in [1.807, 2.05) is 42.5 Å². The normalized spacial score (nSPS) is 11.7. The molecule has 4 nitrogen and oxygen atoms in total. The summed E-state index contributed by atoms with van der Waals surface area (Å²) < 4.78 is 5.37. The first-order valence-corrected chi connectivity index (χ1v) is 9.29. The monoisotopic (exact) mass is 365 g/mol. The molecule has 0 saturated carbocycles. The highest BCUT2D eigenvalue weighted by atomic mass is 32.2. The number of rotatable bonds is 7. The number of benzene rings is 2. The Morgan fingerprint density at radius 3 is 2.54 bits per heavy atom. The molecule has 2 aromatic carbocycles. The molecular formula is C21H19NO3S. The third-order valence-corrected chi connectivity index (χ3v) is 5.12. The lowest BCUT2D eigenvalue weighted by molar-refractivity contribution is -0.115. The van der Waals surface area contributed by atoms with Crippen LogP contribution in [0, 0.1) is 0 Å². The number of ketones is 1. The maximum atomic E-state index is 12.9. The van der Waals surface area contributed by atoms with Gasteiger partial charge in [-0.15, -0.1) is 11.8 Å². The first-order valence-electron chi connectivity index (χ1n) is 8.24. The lowest BCUT2D eigenvalue weighted by atomic mass is 10.1. The molecule has 1 atom stereocenters. The van der Waals surface area contributed by atoms with Gasteiger partial charge < -0.3 is 9.73 Å². The van der Waals surface area contributed by atoms with Crippen molar-refractivity contribution in [3.8, 4) is 0 Å². The summed E-state index contributed by atoms with van der Waals surface area (Å²) in [5, 5.41) is 2.54. The molecule has 1 N–H and O–H groups in total. The first-order chi connectivity index (χ1) is 12.6. The zero-order chi connectivity index (χ0) is 18.4. The van der Waals surface area contributed by atoms with E-state index >= 15 is 0 Å². The predicted molar refractivity (Wildman–Crippen MR) is 104 cm³/mol. The van der Waals surface area contributed by atoms with Crippen LogP contribution in [0.4, 0.5) is 5.69 Å². The average molecular weight is 365 g/mol. The van der Waals surface area contributed by atoms with E-state index in [9.17, 15) is 9.59 Å². The Balaban J connectivity index is 1.78. The maximum absolute atomic E-state index is 12.9. The summed E-state index contributed by atoms with van der Waals surface area (Å²) in [5.74, 6) is 1.25. The molecule has 0 bridgehead atoms. The summed E-state index contributed by atoms with van der Waals surface area (Å²) in [6.45, 7) is 1.51. The number of hydrogen-bond donors (Lipinski definition) is 1. The van der Waals surface area contributed by atoms with Crippen LogP contribution in [0.25, 0.3) is 0 Å². The van der Waals surface area contributed by atoms with Gasteiger partial charge in [-0.05, 0) is 36.8 Å². The van der Waals surface area contributed by atoms with Crippen molar-refractivity contribution in [3.63, 3.8) is 0 Å². The molecule has 0 aliphatic carbocycles. The number of Topliss-reactive ketones (excluding diaryl/α,β-unsaturated/α-hetero) is 1. The summed E-state index contributed by atoms with van der Waals surface area (Å²) in [6, 6.07) is 20.3. The summed E-state index contributed by atoms with van der Waals surface area (Å²) >= 11 is 1.50. The molecule has 5 heteroatoms. The maximum Gasteiger partial charge on any atom is 0.242 e. The molecule has 0 aliphatic heterocycles. The van der Waals surface area contributed by atoms with Crippen LogP contribution in [0.5, 0.6) is 0 Å². The number of amides is 1.